The van der Waals surface area contributed by atoms with Gasteiger partial charge in [-0.05, 0) is 48.2 Å². The highest BCUT2D eigenvalue weighted by molar-refractivity contribution is 7.15. The maximum atomic E-state index is 13.2. The lowest BCUT2D eigenvalue weighted by atomic mass is 10.0. The van der Waals surface area contributed by atoms with Crippen molar-refractivity contribution in [1.29, 1.82) is 0 Å². The third kappa shape index (κ3) is 2.62. The van der Waals surface area contributed by atoms with E-state index in [1.165, 1.54) is 10.9 Å². The van der Waals surface area contributed by atoms with Crippen LogP contribution >= 0.6 is 11.3 Å². The zero-order valence-electron chi connectivity index (χ0n) is 10.9. The molecule has 0 radical (unpaired) electrons. The van der Waals surface area contributed by atoms with Crippen LogP contribution in [-0.4, -0.2) is 0 Å². The Balaban J connectivity index is 2.32. The van der Waals surface area contributed by atoms with E-state index in [0.717, 1.165) is 10.4 Å². The normalized spacial score (nSPS) is 13.0. The Morgan fingerprint density at radius 1 is 1.17 bits per heavy atom. The molecule has 0 fully saturated rings. The highest BCUT2D eigenvalue weighted by atomic mass is 32.1. The molecule has 96 valence electrons. The average molecular weight is 263 g/mol. The number of benzene rings is 1. The van der Waals surface area contributed by atoms with Gasteiger partial charge in [0.25, 0.3) is 0 Å². The van der Waals surface area contributed by atoms with Gasteiger partial charge in [0.1, 0.15) is 5.82 Å². The molecule has 1 unspecified atom stereocenters. The van der Waals surface area contributed by atoms with Crippen LogP contribution in [0, 0.1) is 18.7 Å². The van der Waals surface area contributed by atoms with E-state index in [2.05, 4.69) is 26.0 Å². The van der Waals surface area contributed by atoms with Crippen LogP contribution in [-0.2, 0) is 0 Å². The van der Waals surface area contributed by atoms with Crippen LogP contribution in [0.4, 0.5) is 4.39 Å². The fourth-order valence-corrected chi connectivity index (χ4v) is 2.99. The van der Waals surface area contributed by atoms with E-state index >= 15 is 0 Å². The van der Waals surface area contributed by atoms with Crippen LogP contribution in [0.3, 0.4) is 0 Å². The Morgan fingerprint density at radius 3 is 2.50 bits per heavy atom. The van der Waals surface area contributed by atoms with Crippen molar-refractivity contribution in [3.63, 3.8) is 0 Å². The minimum absolute atomic E-state index is 0.0743. The summed E-state index contributed by atoms with van der Waals surface area (Å²) in [5.74, 6) is 0.265. The molecule has 0 bridgehead atoms. The van der Waals surface area contributed by atoms with Gasteiger partial charge in [-0.15, -0.1) is 11.3 Å². The number of thiophene rings is 1. The topological polar surface area (TPSA) is 26.0 Å². The Hall–Kier alpha value is -1.19. The summed E-state index contributed by atoms with van der Waals surface area (Å²) in [5, 5.41) is 0. The lowest BCUT2D eigenvalue weighted by molar-refractivity contribution is 0.521. The molecule has 0 spiro atoms. The molecule has 1 aromatic heterocycles. The average Bonchev–Trinajstić information content (AvgIpc) is 2.81. The molecule has 0 saturated carbocycles. The highest BCUT2D eigenvalue weighted by Gasteiger charge is 2.13. The summed E-state index contributed by atoms with van der Waals surface area (Å²) < 4.78 is 13.2. The standard InChI is InChI=1S/C15H18FNS/c1-9(2)15(17)14-7-6-13(18-14)11-4-5-12(16)10(3)8-11/h4-9,15H,17H2,1-3H3. The molecule has 2 N–H and O–H groups in total. The molecule has 2 aromatic rings. The van der Waals surface area contributed by atoms with Gasteiger partial charge < -0.3 is 5.73 Å². The quantitative estimate of drug-likeness (QED) is 0.865. The second-order valence-electron chi connectivity index (χ2n) is 4.94. The van der Waals surface area contributed by atoms with Gasteiger partial charge in [-0.25, -0.2) is 4.39 Å². The molecule has 1 aromatic carbocycles. The minimum atomic E-state index is -0.158. The van der Waals surface area contributed by atoms with Crippen molar-refractivity contribution in [2.75, 3.05) is 0 Å². The van der Waals surface area contributed by atoms with Gasteiger partial charge in [0.15, 0.2) is 0 Å². The first kappa shape index (κ1) is 13.2. The summed E-state index contributed by atoms with van der Waals surface area (Å²) >= 11 is 1.69. The molecule has 0 amide bonds. The van der Waals surface area contributed by atoms with Crippen molar-refractivity contribution < 1.29 is 4.39 Å². The maximum absolute atomic E-state index is 13.2. The largest absolute Gasteiger partial charge is 0.323 e. The monoisotopic (exact) mass is 263 g/mol. The van der Waals surface area contributed by atoms with Crippen molar-refractivity contribution in [3.8, 4) is 10.4 Å². The summed E-state index contributed by atoms with van der Waals surface area (Å²) in [5.41, 5.74) is 7.87. The number of rotatable bonds is 3. The first-order valence-electron chi connectivity index (χ1n) is 6.11. The number of nitrogens with two attached hydrogens (primary N) is 1. The second-order valence-corrected chi connectivity index (χ2v) is 6.05. The minimum Gasteiger partial charge on any atom is -0.323 e. The van der Waals surface area contributed by atoms with Crippen molar-refractivity contribution >= 4 is 11.3 Å². The molecule has 0 aliphatic carbocycles. The van der Waals surface area contributed by atoms with Gasteiger partial charge in [-0.3, -0.25) is 0 Å². The Labute approximate surface area is 111 Å². The van der Waals surface area contributed by atoms with E-state index in [4.69, 9.17) is 5.73 Å². The predicted molar refractivity (Wildman–Crippen MR) is 76.2 cm³/mol. The van der Waals surface area contributed by atoms with E-state index in [0.29, 0.717) is 11.5 Å². The van der Waals surface area contributed by atoms with Crippen molar-refractivity contribution in [3.05, 3.63) is 46.6 Å². The first-order valence-corrected chi connectivity index (χ1v) is 6.92. The van der Waals surface area contributed by atoms with Gasteiger partial charge in [0, 0.05) is 15.8 Å². The molecule has 0 aliphatic heterocycles. The molecule has 3 heteroatoms. The molecule has 0 aliphatic rings. The molecular weight excluding hydrogens is 245 g/mol. The van der Waals surface area contributed by atoms with E-state index in [1.54, 1.807) is 18.3 Å². The SMILES string of the molecule is Cc1cc(-c2ccc(C(N)C(C)C)s2)ccc1F. The fraction of sp³-hybridized carbons (Fsp3) is 0.333. The van der Waals surface area contributed by atoms with Crippen LogP contribution in [0.25, 0.3) is 10.4 Å². The Morgan fingerprint density at radius 2 is 1.89 bits per heavy atom. The first-order chi connectivity index (χ1) is 8.49. The molecule has 1 atom stereocenters. The lowest BCUT2D eigenvalue weighted by Gasteiger charge is -2.12. The van der Waals surface area contributed by atoms with Gasteiger partial charge in [-0.1, -0.05) is 19.9 Å². The third-order valence-electron chi connectivity index (χ3n) is 3.12. The molecule has 0 saturated heterocycles. The van der Waals surface area contributed by atoms with E-state index < -0.39 is 0 Å². The number of hydrogen-bond donors (Lipinski definition) is 1. The van der Waals surface area contributed by atoms with Gasteiger partial charge in [0.05, 0.1) is 0 Å². The molecule has 1 heterocycles. The van der Waals surface area contributed by atoms with Crippen LogP contribution < -0.4 is 5.73 Å². The fourth-order valence-electron chi connectivity index (χ4n) is 1.81. The van der Waals surface area contributed by atoms with Crippen LogP contribution in [0.2, 0.25) is 0 Å². The lowest BCUT2D eigenvalue weighted by Crippen LogP contribution is -2.14. The number of hydrogen-bond acceptors (Lipinski definition) is 2. The van der Waals surface area contributed by atoms with Crippen molar-refractivity contribution in [2.24, 2.45) is 11.7 Å². The molecule has 1 nitrogen and oxygen atoms in total. The van der Waals surface area contributed by atoms with E-state index in [1.807, 2.05) is 12.1 Å². The zero-order chi connectivity index (χ0) is 13.3. The van der Waals surface area contributed by atoms with Crippen molar-refractivity contribution in [1.82, 2.24) is 0 Å². The van der Waals surface area contributed by atoms with Crippen LogP contribution in [0.1, 0.15) is 30.3 Å². The Kier molecular flexibility index (Phi) is 3.83. The smallest absolute Gasteiger partial charge is 0.126 e. The summed E-state index contributed by atoms with van der Waals surface area (Å²) in [6, 6.07) is 9.43. The second kappa shape index (κ2) is 5.21. The Bertz CT molecular complexity index is 545. The van der Waals surface area contributed by atoms with E-state index in [-0.39, 0.29) is 11.9 Å². The summed E-state index contributed by atoms with van der Waals surface area (Å²) in [6.07, 6.45) is 0. The summed E-state index contributed by atoms with van der Waals surface area (Å²) in [6.45, 7) is 6.02. The predicted octanol–water partition coefficient (Wildman–Crippen LogP) is 4.52. The van der Waals surface area contributed by atoms with Gasteiger partial charge >= 0.3 is 0 Å². The molecular formula is C15H18FNS. The number of aryl methyl sites for hydroxylation is 1. The summed E-state index contributed by atoms with van der Waals surface area (Å²) in [7, 11) is 0. The number of halogens is 1. The molecule has 2 rings (SSSR count). The highest BCUT2D eigenvalue weighted by Crippen LogP contribution is 2.33. The van der Waals surface area contributed by atoms with Gasteiger partial charge in [0.2, 0.25) is 0 Å². The van der Waals surface area contributed by atoms with Gasteiger partial charge in [-0.2, -0.15) is 0 Å². The summed E-state index contributed by atoms with van der Waals surface area (Å²) in [4.78, 5) is 2.33. The van der Waals surface area contributed by atoms with Crippen LogP contribution in [0.5, 0.6) is 0 Å². The maximum Gasteiger partial charge on any atom is 0.126 e. The third-order valence-corrected chi connectivity index (χ3v) is 4.35. The van der Waals surface area contributed by atoms with Crippen molar-refractivity contribution in [2.45, 2.75) is 26.8 Å². The zero-order valence-corrected chi connectivity index (χ0v) is 11.7. The van der Waals surface area contributed by atoms with Crippen LogP contribution in [0.15, 0.2) is 30.3 Å². The molecule has 18 heavy (non-hydrogen) atoms. The van der Waals surface area contributed by atoms with E-state index in [9.17, 15) is 4.39 Å².